The summed E-state index contributed by atoms with van der Waals surface area (Å²) in [5.74, 6) is 0.836. The van der Waals surface area contributed by atoms with E-state index in [4.69, 9.17) is 9.47 Å². The number of methoxy groups -OCH3 is 1. The molecule has 0 saturated carbocycles. The molecule has 1 aromatic heterocycles. The van der Waals surface area contributed by atoms with Crippen LogP contribution in [0, 0.1) is 6.92 Å². The molecular formula is C21H24N4O3. The largest absolute Gasteiger partial charge is 0.497 e. The molecule has 1 fully saturated rings. The van der Waals surface area contributed by atoms with Crippen LogP contribution in [0.2, 0.25) is 0 Å². The van der Waals surface area contributed by atoms with E-state index in [0.29, 0.717) is 19.7 Å². The van der Waals surface area contributed by atoms with Crippen LogP contribution in [0.4, 0.5) is 10.5 Å². The molecule has 1 atom stereocenters. The Morgan fingerprint density at radius 3 is 2.79 bits per heavy atom. The van der Waals surface area contributed by atoms with Crippen molar-refractivity contribution < 1.29 is 14.3 Å². The monoisotopic (exact) mass is 380 g/mol. The minimum atomic E-state index is -0.152. The zero-order valence-corrected chi connectivity index (χ0v) is 16.3. The third-order valence-electron chi connectivity index (χ3n) is 5.27. The fourth-order valence-corrected chi connectivity index (χ4v) is 3.42. The summed E-state index contributed by atoms with van der Waals surface area (Å²) in [7, 11) is 3.52. The van der Waals surface area contributed by atoms with Crippen LogP contribution in [0.15, 0.2) is 42.6 Å². The zero-order chi connectivity index (χ0) is 19.7. The molecule has 28 heavy (non-hydrogen) atoms. The summed E-state index contributed by atoms with van der Waals surface area (Å²) in [6, 6.07) is 12.1. The van der Waals surface area contributed by atoms with Crippen molar-refractivity contribution in [1.29, 1.82) is 0 Å². The van der Waals surface area contributed by atoms with Crippen molar-refractivity contribution in [2.24, 2.45) is 7.05 Å². The zero-order valence-electron chi connectivity index (χ0n) is 16.3. The summed E-state index contributed by atoms with van der Waals surface area (Å²) in [5.41, 5.74) is 2.71. The Hall–Kier alpha value is -3.06. The summed E-state index contributed by atoms with van der Waals surface area (Å²) in [4.78, 5) is 14.5. The molecule has 1 saturated heterocycles. The number of amides is 2. The molecule has 2 aromatic carbocycles. The molecule has 3 aromatic rings. The number of morpholine rings is 1. The number of nitrogens with zero attached hydrogens (tertiary/aromatic N) is 3. The number of carbonyl (C=O) groups is 1. The molecule has 1 unspecified atom stereocenters. The van der Waals surface area contributed by atoms with E-state index in [1.165, 1.54) is 0 Å². The number of hydrogen-bond acceptors (Lipinski definition) is 4. The van der Waals surface area contributed by atoms with E-state index in [1.807, 2.05) is 32.2 Å². The molecule has 2 heterocycles. The van der Waals surface area contributed by atoms with Gasteiger partial charge in [0.2, 0.25) is 0 Å². The maximum atomic E-state index is 12.7. The molecule has 0 aliphatic carbocycles. The second-order valence-electron chi connectivity index (χ2n) is 6.98. The van der Waals surface area contributed by atoms with Gasteiger partial charge in [0, 0.05) is 13.6 Å². The van der Waals surface area contributed by atoms with E-state index in [9.17, 15) is 4.79 Å². The number of hydrogen-bond donors (Lipinski definition) is 1. The predicted molar refractivity (Wildman–Crippen MR) is 108 cm³/mol. The number of anilines is 1. The molecule has 0 radical (unpaired) electrons. The fraction of sp³-hybridized carbons (Fsp3) is 0.333. The lowest BCUT2D eigenvalue weighted by Gasteiger charge is -2.33. The number of aromatic nitrogens is 2. The normalized spacial score (nSPS) is 17.0. The third-order valence-corrected chi connectivity index (χ3v) is 5.27. The minimum absolute atomic E-state index is 0.130. The van der Waals surface area contributed by atoms with Crippen LogP contribution < -0.4 is 10.1 Å². The summed E-state index contributed by atoms with van der Waals surface area (Å²) in [6.07, 6.45) is 1.52. The SMILES string of the molecule is COc1ccc2cc(C3CN(C(=O)Nc4cnn(C)c4C)CCO3)ccc2c1. The Morgan fingerprint density at radius 2 is 2.04 bits per heavy atom. The molecule has 0 bridgehead atoms. The number of nitrogens with one attached hydrogen (secondary N) is 1. The van der Waals surface area contributed by atoms with Gasteiger partial charge in [0.25, 0.3) is 0 Å². The summed E-state index contributed by atoms with van der Waals surface area (Å²) >= 11 is 0. The van der Waals surface area contributed by atoms with E-state index < -0.39 is 0 Å². The van der Waals surface area contributed by atoms with Gasteiger partial charge < -0.3 is 19.7 Å². The Bertz CT molecular complexity index is 1010. The lowest BCUT2D eigenvalue weighted by atomic mass is 10.0. The molecule has 146 valence electrons. The smallest absolute Gasteiger partial charge is 0.322 e. The van der Waals surface area contributed by atoms with Gasteiger partial charge in [-0.1, -0.05) is 18.2 Å². The number of ether oxygens (including phenoxy) is 2. The Morgan fingerprint density at radius 1 is 1.25 bits per heavy atom. The molecule has 1 aliphatic rings. The predicted octanol–water partition coefficient (Wildman–Crippen LogP) is 3.50. The Kier molecular flexibility index (Phi) is 4.92. The molecule has 2 amide bonds. The van der Waals surface area contributed by atoms with Crippen LogP contribution in [-0.2, 0) is 11.8 Å². The molecule has 0 spiro atoms. The van der Waals surface area contributed by atoms with E-state index in [2.05, 4.69) is 28.6 Å². The van der Waals surface area contributed by atoms with E-state index in [1.54, 1.807) is 22.9 Å². The molecule has 7 heteroatoms. The first kappa shape index (κ1) is 18.3. The summed E-state index contributed by atoms with van der Waals surface area (Å²) in [5, 5.41) is 9.35. The standard InChI is InChI=1S/C21H24N4O3/c1-14-19(12-22-24(14)2)23-21(26)25-8-9-28-20(13-25)17-5-4-16-11-18(27-3)7-6-15(16)10-17/h4-7,10-12,20H,8-9,13H2,1-3H3,(H,23,26). The van der Waals surface area contributed by atoms with Crippen LogP contribution in [0.3, 0.4) is 0 Å². The van der Waals surface area contributed by atoms with Crippen molar-refractivity contribution >= 4 is 22.5 Å². The van der Waals surface area contributed by atoms with Gasteiger partial charge in [0.15, 0.2) is 0 Å². The van der Waals surface area contributed by atoms with Gasteiger partial charge in [-0.2, -0.15) is 5.10 Å². The Balaban J connectivity index is 1.49. The average molecular weight is 380 g/mol. The third kappa shape index (κ3) is 3.53. The first-order chi connectivity index (χ1) is 13.5. The van der Waals surface area contributed by atoms with Crippen LogP contribution in [-0.4, -0.2) is 47.5 Å². The topological polar surface area (TPSA) is 68.6 Å². The maximum absolute atomic E-state index is 12.7. The highest BCUT2D eigenvalue weighted by atomic mass is 16.5. The fourth-order valence-electron chi connectivity index (χ4n) is 3.42. The second kappa shape index (κ2) is 7.52. The van der Waals surface area contributed by atoms with Crippen molar-refractivity contribution in [2.75, 3.05) is 32.1 Å². The summed E-state index contributed by atoms with van der Waals surface area (Å²) in [6.45, 7) is 3.50. The van der Waals surface area contributed by atoms with Gasteiger partial charge in [-0.05, 0) is 41.5 Å². The first-order valence-electron chi connectivity index (χ1n) is 9.29. The number of urea groups is 1. The van der Waals surface area contributed by atoms with Gasteiger partial charge >= 0.3 is 6.03 Å². The number of aryl methyl sites for hydroxylation is 1. The van der Waals surface area contributed by atoms with Crippen molar-refractivity contribution in [1.82, 2.24) is 14.7 Å². The molecule has 4 rings (SSSR count). The lowest BCUT2D eigenvalue weighted by Crippen LogP contribution is -2.44. The maximum Gasteiger partial charge on any atom is 0.322 e. The van der Waals surface area contributed by atoms with Gasteiger partial charge in [0.1, 0.15) is 11.9 Å². The minimum Gasteiger partial charge on any atom is -0.497 e. The molecule has 1 N–H and O–H groups in total. The van der Waals surface area contributed by atoms with Crippen LogP contribution >= 0.6 is 0 Å². The number of rotatable bonds is 3. The van der Waals surface area contributed by atoms with Crippen molar-refractivity contribution in [3.63, 3.8) is 0 Å². The highest BCUT2D eigenvalue weighted by molar-refractivity contribution is 5.90. The number of fused-ring (bicyclic) bond motifs is 1. The van der Waals surface area contributed by atoms with Crippen LogP contribution in [0.5, 0.6) is 5.75 Å². The molecule has 1 aliphatic heterocycles. The van der Waals surface area contributed by atoms with Crippen LogP contribution in [0.25, 0.3) is 10.8 Å². The average Bonchev–Trinajstić information content (AvgIpc) is 3.05. The van der Waals surface area contributed by atoms with E-state index in [0.717, 1.165) is 33.5 Å². The van der Waals surface area contributed by atoms with E-state index >= 15 is 0 Å². The quantitative estimate of drug-likeness (QED) is 0.755. The van der Waals surface area contributed by atoms with Gasteiger partial charge in [0.05, 0.1) is 37.8 Å². The Labute approximate surface area is 163 Å². The first-order valence-corrected chi connectivity index (χ1v) is 9.29. The summed E-state index contributed by atoms with van der Waals surface area (Å²) < 4.78 is 13.0. The van der Waals surface area contributed by atoms with Crippen molar-refractivity contribution in [2.45, 2.75) is 13.0 Å². The van der Waals surface area contributed by atoms with Gasteiger partial charge in [-0.3, -0.25) is 4.68 Å². The van der Waals surface area contributed by atoms with Crippen molar-refractivity contribution in [3.8, 4) is 5.75 Å². The van der Waals surface area contributed by atoms with Gasteiger partial charge in [-0.15, -0.1) is 0 Å². The second-order valence-corrected chi connectivity index (χ2v) is 6.98. The van der Waals surface area contributed by atoms with Gasteiger partial charge in [-0.25, -0.2) is 4.79 Å². The van der Waals surface area contributed by atoms with Crippen LogP contribution in [0.1, 0.15) is 17.4 Å². The highest BCUT2D eigenvalue weighted by Crippen LogP contribution is 2.28. The number of carbonyl (C=O) groups excluding carboxylic acids is 1. The highest BCUT2D eigenvalue weighted by Gasteiger charge is 2.26. The molecular weight excluding hydrogens is 356 g/mol. The number of benzene rings is 2. The lowest BCUT2D eigenvalue weighted by molar-refractivity contribution is -0.0134. The molecule has 7 nitrogen and oxygen atoms in total. The van der Waals surface area contributed by atoms with E-state index in [-0.39, 0.29) is 12.1 Å². The van der Waals surface area contributed by atoms with Crippen molar-refractivity contribution in [3.05, 3.63) is 53.9 Å².